The van der Waals surface area contributed by atoms with E-state index in [1.54, 1.807) is 6.07 Å². The Balaban J connectivity index is 1.87. The van der Waals surface area contributed by atoms with Crippen molar-refractivity contribution in [3.63, 3.8) is 0 Å². The van der Waals surface area contributed by atoms with E-state index < -0.39 is 5.54 Å². The molecule has 0 fully saturated rings. The molecule has 2 aliphatic heterocycles. The van der Waals surface area contributed by atoms with Gasteiger partial charge in [-0.05, 0) is 42.5 Å². The average molecular weight is 305 g/mol. The first kappa shape index (κ1) is 12.5. The molecule has 1 amide bonds. The van der Waals surface area contributed by atoms with Crippen LogP contribution in [-0.2, 0) is 10.3 Å². The molecule has 0 aliphatic carbocycles. The molecule has 112 valence electrons. The fourth-order valence-electron chi connectivity index (χ4n) is 3.60. The second kappa shape index (κ2) is 4.01. The second-order valence-electron chi connectivity index (χ2n) is 5.80. The lowest BCUT2D eigenvalue weighted by Gasteiger charge is -2.36. The molecule has 0 bridgehead atoms. The summed E-state index contributed by atoms with van der Waals surface area (Å²) in [7, 11) is 0. The summed E-state index contributed by atoms with van der Waals surface area (Å²) in [6.07, 6.45) is 1.92. The van der Waals surface area contributed by atoms with Crippen molar-refractivity contribution in [1.82, 2.24) is 4.57 Å². The van der Waals surface area contributed by atoms with E-state index in [4.69, 9.17) is 0 Å². The van der Waals surface area contributed by atoms with Gasteiger partial charge in [-0.2, -0.15) is 0 Å². The van der Waals surface area contributed by atoms with Gasteiger partial charge in [0.05, 0.1) is 17.1 Å². The average Bonchev–Trinajstić information content (AvgIpc) is 3.14. The first-order valence-electron chi connectivity index (χ1n) is 7.37. The van der Waals surface area contributed by atoms with E-state index in [0.29, 0.717) is 11.3 Å². The molecule has 5 heteroatoms. The quantitative estimate of drug-likeness (QED) is 0.670. The van der Waals surface area contributed by atoms with Gasteiger partial charge in [0, 0.05) is 17.4 Å². The highest BCUT2D eigenvalue weighted by atomic mass is 19.1. The highest BCUT2D eigenvalue weighted by Gasteiger charge is 2.52. The number of rotatable bonds is 0. The van der Waals surface area contributed by atoms with Crippen LogP contribution in [0.15, 0.2) is 60.8 Å². The zero-order valence-electron chi connectivity index (χ0n) is 12.0. The van der Waals surface area contributed by atoms with E-state index in [1.807, 2.05) is 47.2 Å². The summed E-state index contributed by atoms with van der Waals surface area (Å²) in [5, 5.41) is 6.21. The molecule has 1 unspecified atom stereocenters. The fourth-order valence-corrected chi connectivity index (χ4v) is 3.60. The van der Waals surface area contributed by atoms with Gasteiger partial charge in [0.1, 0.15) is 5.82 Å². The third kappa shape index (κ3) is 1.41. The van der Waals surface area contributed by atoms with Crippen LogP contribution in [0.5, 0.6) is 0 Å². The molecule has 2 aromatic carbocycles. The first-order valence-corrected chi connectivity index (χ1v) is 7.37. The van der Waals surface area contributed by atoms with Gasteiger partial charge >= 0.3 is 0 Å². The molecule has 0 saturated heterocycles. The Morgan fingerprint density at radius 3 is 2.78 bits per heavy atom. The zero-order chi connectivity index (χ0) is 15.6. The number of amides is 1. The van der Waals surface area contributed by atoms with Gasteiger partial charge in [0.2, 0.25) is 0 Å². The van der Waals surface area contributed by atoms with E-state index in [0.717, 1.165) is 17.1 Å². The van der Waals surface area contributed by atoms with E-state index >= 15 is 0 Å². The highest BCUT2D eigenvalue weighted by Crippen LogP contribution is 2.47. The number of hydrogen-bond acceptors (Lipinski definition) is 2. The molecular formula is C18H12FN3O. The number of hydrogen-bond donors (Lipinski definition) is 2. The predicted molar refractivity (Wildman–Crippen MR) is 85.2 cm³/mol. The maximum Gasteiger partial charge on any atom is 0.261 e. The number of fused-ring (bicyclic) bond motifs is 6. The summed E-state index contributed by atoms with van der Waals surface area (Å²) in [5.41, 5.74) is 2.71. The number of nitrogens with zero attached hydrogens (tertiary/aromatic N) is 1. The number of anilines is 2. The lowest BCUT2D eigenvalue weighted by atomic mass is 9.85. The van der Waals surface area contributed by atoms with Crippen LogP contribution in [0.3, 0.4) is 0 Å². The second-order valence-corrected chi connectivity index (χ2v) is 5.80. The lowest BCUT2D eigenvalue weighted by molar-refractivity contribution is -0.118. The summed E-state index contributed by atoms with van der Waals surface area (Å²) >= 11 is 0. The van der Waals surface area contributed by atoms with Crippen LogP contribution in [0.25, 0.3) is 5.69 Å². The molecular weight excluding hydrogens is 293 g/mol. The third-order valence-electron chi connectivity index (χ3n) is 4.59. The molecule has 1 aromatic heterocycles. The third-order valence-corrected chi connectivity index (χ3v) is 4.59. The number of carbonyl (C=O) groups is 1. The summed E-state index contributed by atoms with van der Waals surface area (Å²) in [6.45, 7) is 0. The van der Waals surface area contributed by atoms with Gasteiger partial charge in [-0.3, -0.25) is 4.79 Å². The van der Waals surface area contributed by atoms with Gasteiger partial charge < -0.3 is 15.2 Å². The SMILES string of the molecule is O=C1Nc2ccc(F)cc2C12Nc1ccccc1-n1cccc12. The van der Waals surface area contributed by atoms with Crippen LogP contribution in [0.2, 0.25) is 0 Å². The van der Waals surface area contributed by atoms with E-state index in [1.165, 1.54) is 12.1 Å². The topological polar surface area (TPSA) is 46.1 Å². The van der Waals surface area contributed by atoms with Crippen molar-refractivity contribution < 1.29 is 9.18 Å². The Labute approximate surface area is 131 Å². The molecule has 3 heterocycles. The Morgan fingerprint density at radius 1 is 1.00 bits per heavy atom. The van der Waals surface area contributed by atoms with Gasteiger partial charge in [-0.15, -0.1) is 0 Å². The van der Waals surface area contributed by atoms with Crippen LogP contribution in [0.1, 0.15) is 11.3 Å². The molecule has 0 saturated carbocycles. The molecule has 4 nitrogen and oxygen atoms in total. The van der Waals surface area contributed by atoms with Crippen molar-refractivity contribution in [3.8, 4) is 5.69 Å². The number of aromatic nitrogens is 1. The summed E-state index contributed by atoms with van der Waals surface area (Å²) in [5.74, 6) is -0.564. The monoisotopic (exact) mass is 305 g/mol. The summed E-state index contributed by atoms with van der Waals surface area (Å²) in [4.78, 5) is 12.9. The van der Waals surface area contributed by atoms with E-state index in [9.17, 15) is 9.18 Å². The molecule has 3 aromatic rings. The fraction of sp³-hybridized carbons (Fsp3) is 0.0556. The van der Waals surface area contributed by atoms with Crippen molar-refractivity contribution >= 4 is 17.3 Å². The van der Waals surface area contributed by atoms with Gasteiger partial charge in [0.15, 0.2) is 5.54 Å². The molecule has 1 spiro atoms. The van der Waals surface area contributed by atoms with Crippen molar-refractivity contribution in [3.05, 3.63) is 77.9 Å². The lowest BCUT2D eigenvalue weighted by Crippen LogP contribution is -2.47. The van der Waals surface area contributed by atoms with Crippen LogP contribution < -0.4 is 10.6 Å². The van der Waals surface area contributed by atoms with Crippen LogP contribution in [0.4, 0.5) is 15.8 Å². The van der Waals surface area contributed by atoms with Gasteiger partial charge in [-0.1, -0.05) is 12.1 Å². The molecule has 0 radical (unpaired) electrons. The Hall–Kier alpha value is -3.08. The van der Waals surface area contributed by atoms with Gasteiger partial charge in [-0.25, -0.2) is 4.39 Å². The Morgan fingerprint density at radius 2 is 1.87 bits per heavy atom. The van der Waals surface area contributed by atoms with E-state index in [-0.39, 0.29) is 11.7 Å². The normalized spacial score (nSPS) is 20.5. The smallest absolute Gasteiger partial charge is 0.261 e. The van der Waals surface area contributed by atoms with Crippen molar-refractivity contribution in [2.45, 2.75) is 5.54 Å². The molecule has 23 heavy (non-hydrogen) atoms. The number of benzene rings is 2. The zero-order valence-corrected chi connectivity index (χ0v) is 12.0. The van der Waals surface area contributed by atoms with Crippen LogP contribution in [0, 0.1) is 5.82 Å². The minimum atomic E-state index is -1.12. The molecule has 2 N–H and O–H groups in total. The van der Waals surface area contributed by atoms with Crippen LogP contribution in [-0.4, -0.2) is 10.5 Å². The number of carbonyl (C=O) groups excluding carboxylic acids is 1. The van der Waals surface area contributed by atoms with E-state index in [2.05, 4.69) is 10.6 Å². The summed E-state index contributed by atoms with van der Waals surface area (Å²) < 4.78 is 15.8. The number of halogens is 1. The minimum absolute atomic E-state index is 0.201. The maximum atomic E-state index is 13.9. The predicted octanol–water partition coefficient (Wildman–Crippen LogP) is 3.24. The standard InChI is InChI=1S/C18H12FN3O/c19-11-7-8-13-12(10-11)18(17(23)20-13)16-6-3-9-22(16)15-5-2-1-4-14(15)21-18/h1-10,21H,(H,20,23). The Kier molecular flexibility index (Phi) is 2.17. The van der Waals surface area contributed by atoms with Crippen molar-refractivity contribution in [1.29, 1.82) is 0 Å². The maximum absolute atomic E-state index is 13.9. The number of nitrogens with one attached hydrogen (secondary N) is 2. The molecule has 2 aliphatic rings. The summed E-state index contributed by atoms with van der Waals surface area (Å²) in [6, 6.07) is 15.9. The molecule has 1 atom stereocenters. The number of para-hydroxylation sites is 2. The van der Waals surface area contributed by atoms with Crippen LogP contribution >= 0.6 is 0 Å². The first-order chi connectivity index (χ1) is 11.2. The largest absolute Gasteiger partial charge is 0.361 e. The molecule has 5 rings (SSSR count). The van der Waals surface area contributed by atoms with Crippen molar-refractivity contribution in [2.24, 2.45) is 0 Å². The van der Waals surface area contributed by atoms with Gasteiger partial charge in [0.25, 0.3) is 5.91 Å². The highest BCUT2D eigenvalue weighted by molar-refractivity contribution is 6.10. The van der Waals surface area contributed by atoms with Crippen molar-refractivity contribution in [2.75, 3.05) is 10.6 Å². The Bertz CT molecular complexity index is 978. The minimum Gasteiger partial charge on any atom is -0.361 e.